The van der Waals surface area contributed by atoms with E-state index >= 15 is 0 Å². The van der Waals surface area contributed by atoms with Crippen LogP contribution in [-0.2, 0) is 9.84 Å². The summed E-state index contributed by atoms with van der Waals surface area (Å²) in [4.78, 5) is 0. The first-order chi connectivity index (χ1) is 5.98. The third kappa shape index (κ3) is 8.25. The van der Waals surface area contributed by atoms with E-state index in [1.54, 1.807) is 0 Å². The monoisotopic (exact) mass is 207 g/mol. The quantitative estimate of drug-likeness (QED) is 0.682. The Labute approximate surface area is 81.6 Å². The lowest BCUT2D eigenvalue weighted by molar-refractivity contribution is 0.559. The van der Waals surface area contributed by atoms with Gasteiger partial charge in [0.25, 0.3) is 0 Å². The molecular formula is C9H21NO2S. The Balaban J connectivity index is 3.64. The van der Waals surface area contributed by atoms with Crippen LogP contribution in [0.3, 0.4) is 0 Å². The molecule has 3 nitrogen and oxygen atoms in total. The predicted octanol–water partition coefficient (Wildman–Crippen LogP) is 1.19. The molecule has 0 atom stereocenters. The van der Waals surface area contributed by atoms with Gasteiger partial charge >= 0.3 is 0 Å². The van der Waals surface area contributed by atoms with Gasteiger partial charge in [0.1, 0.15) is 9.84 Å². The van der Waals surface area contributed by atoms with E-state index < -0.39 is 9.84 Å². The lowest BCUT2D eigenvalue weighted by Crippen LogP contribution is -2.14. The molecule has 13 heavy (non-hydrogen) atoms. The van der Waals surface area contributed by atoms with Crippen molar-refractivity contribution in [3.63, 3.8) is 0 Å². The van der Waals surface area contributed by atoms with E-state index in [1.807, 2.05) is 0 Å². The Hall–Kier alpha value is -0.0900. The second-order valence-electron chi connectivity index (χ2n) is 3.83. The average molecular weight is 207 g/mol. The molecule has 0 heterocycles. The average Bonchev–Trinajstić information content (AvgIpc) is 2.00. The van der Waals surface area contributed by atoms with E-state index in [4.69, 9.17) is 5.73 Å². The summed E-state index contributed by atoms with van der Waals surface area (Å²) in [6.45, 7) is 4.67. The summed E-state index contributed by atoms with van der Waals surface area (Å²) in [5, 5.41) is 0. The summed E-state index contributed by atoms with van der Waals surface area (Å²) in [6.07, 6.45) is 2.36. The number of rotatable bonds is 7. The maximum Gasteiger partial charge on any atom is 0.150 e. The first-order valence-electron chi connectivity index (χ1n) is 4.88. The first kappa shape index (κ1) is 12.9. The Bertz CT molecular complexity index is 210. The summed E-state index contributed by atoms with van der Waals surface area (Å²) in [5.41, 5.74) is 5.25. The molecule has 0 unspecified atom stereocenters. The van der Waals surface area contributed by atoms with Crippen LogP contribution in [0.25, 0.3) is 0 Å². The van der Waals surface area contributed by atoms with Crippen molar-refractivity contribution >= 4 is 9.84 Å². The highest BCUT2D eigenvalue weighted by molar-refractivity contribution is 7.91. The second kappa shape index (κ2) is 6.38. The van der Waals surface area contributed by atoms with Gasteiger partial charge < -0.3 is 5.73 Å². The van der Waals surface area contributed by atoms with Crippen LogP contribution < -0.4 is 5.73 Å². The summed E-state index contributed by atoms with van der Waals surface area (Å²) in [5.74, 6) is 1.16. The van der Waals surface area contributed by atoms with Crippen molar-refractivity contribution in [2.45, 2.75) is 33.1 Å². The van der Waals surface area contributed by atoms with Crippen molar-refractivity contribution < 1.29 is 8.42 Å². The molecule has 0 aliphatic carbocycles. The van der Waals surface area contributed by atoms with Gasteiger partial charge in [-0.1, -0.05) is 20.3 Å². The zero-order chi connectivity index (χ0) is 10.3. The maximum absolute atomic E-state index is 11.3. The van der Waals surface area contributed by atoms with E-state index in [0.717, 1.165) is 12.8 Å². The van der Waals surface area contributed by atoms with Crippen molar-refractivity contribution in [3.05, 3.63) is 0 Å². The number of hydrogen-bond donors (Lipinski definition) is 1. The SMILES string of the molecule is CC(C)CCCS(=O)(=O)CCCN. The van der Waals surface area contributed by atoms with Gasteiger partial charge in [-0.15, -0.1) is 0 Å². The van der Waals surface area contributed by atoms with E-state index in [9.17, 15) is 8.42 Å². The van der Waals surface area contributed by atoms with Crippen molar-refractivity contribution in [1.29, 1.82) is 0 Å². The molecule has 0 amide bonds. The Morgan fingerprint density at radius 3 is 2.15 bits per heavy atom. The topological polar surface area (TPSA) is 60.2 Å². The first-order valence-corrected chi connectivity index (χ1v) is 6.70. The van der Waals surface area contributed by atoms with Gasteiger partial charge in [0.15, 0.2) is 0 Å². The van der Waals surface area contributed by atoms with Crippen LogP contribution in [0, 0.1) is 5.92 Å². The molecule has 2 N–H and O–H groups in total. The summed E-state index contributed by atoms with van der Waals surface area (Å²) < 4.78 is 22.6. The molecular weight excluding hydrogens is 186 g/mol. The van der Waals surface area contributed by atoms with Crippen LogP contribution in [0.1, 0.15) is 33.1 Å². The van der Waals surface area contributed by atoms with Crippen molar-refractivity contribution in [3.8, 4) is 0 Å². The Morgan fingerprint density at radius 2 is 1.69 bits per heavy atom. The summed E-state index contributed by atoms with van der Waals surface area (Å²) in [7, 11) is -2.82. The molecule has 0 saturated carbocycles. The molecule has 0 rings (SSSR count). The fourth-order valence-electron chi connectivity index (χ4n) is 1.12. The number of nitrogens with two attached hydrogens (primary N) is 1. The van der Waals surface area contributed by atoms with Crippen molar-refractivity contribution in [2.24, 2.45) is 11.7 Å². The Morgan fingerprint density at radius 1 is 1.15 bits per heavy atom. The van der Waals surface area contributed by atoms with Gasteiger partial charge in [0.2, 0.25) is 0 Å². The molecule has 4 heteroatoms. The van der Waals surface area contributed by atoms with E-state index in [-0.39, 0.29) is 5.75 Å². The summed E-state index contributed by atoms with van der Waals surface area (Å²) >= 11 is 0. The molecule has 0 aliphatic heterocycles. The normalized spacial score (nSPS) is 12.3. The fraction of sp³-hybridized carbons (Fsp3) is 1.00. The molecule has 0 fully saturated rings. The van der Waals surface area contributed by atoms with Gasteiger partial charge in [0, 0.05) is 0 Å². The van der Waals surface area contributed by atoms with Crippen LogP contribution in [0.2, 0.25) is 0 Å². The van der Waals surface area contributed by atoms with Gasteiger partial charge in [-0.2, -0.15) is 0 Å². The van der Waals surface area contributed by atoms with Crippen LogP contribution in [0.15, 0.2) is 0 Å². The lowest BCUT2D eigenvalue weighted by Gasteiger charge is -2.05. The maximum atomic E-state index is 11.3. The standard InChI is InChI=1S/C9H21NO2S/c1-9(2)5-3-7-13(11,12)8-4-6-10/h9H,3-8,10H2,1-2H3. The highest BCUT2D eigenvalue weighted by atomic mass is 32.2. The van der Waals surface area contributed by atoms with Gasteiger partial charge in [-0.3, -0.25) is 0 Å². The van der Waals surface area contributed by atoms with E-state index in [0.29, 0.717) is 24.6 Å². The minimum absolute atomic E-state index is 0.252. The van der Waals surface area contributed by atoms with Gasteiger partial charge in [-0.25, -0.2) is 8.42 Å². The van der Waals surface area contributed by atoms with Crippen LogP contribution in [-0.4, -0.2) is 26.5 Å². The van der Waals surface area contributed by atoms with Crippen LogP contribution in [0.4, 0.5) is 0 Å². The summed E-state index contributed by atoms with van der Waals surface area (Å²) in [6, 6.07) is 0. The third-order valence-corrected chi connectivity index (χ3v) is 3.72. The largest absolute Gasteiger partial charge is 0.330 e. The molecule has 0 aliphatic rings. The minimum Gasteiger partial charge on any atom is -0.330 e. The molecule has 0 aromatic rings. The van der Waals surface area contributed by atoms with Crippen LogP contribution in [0.5, 0.6) is 0 Å². The lowest BCUT2D eigenvalue weighted by atomic mass is 10.1. The minimum atomic E-state index is -2.82. The molecule has 0 spiro atoms. The third-order valence-electron chi connectivity index (χ3n) is 1.90. The fourth-order valence-corrected chi connectivity index (χ4v) is 2.53. The molecule has 0 aromatic carbocycles. The zero-order valence-electron chi connectivity index (χ0n) is 8.62. The molecule has 0 radical (unpaired) electrons. The highest BCUT2D eigenvalue weighted by Crippen LogP contribution is 2.06. The number of sulfone groups is 1. The number of hydrogen-bond acceptors (Lipinski definition) is 3. The van der Waals surface area contributed by atoms with Gasteiger partial charge in [0.05, 0.1) is 11.5 Å². The molecule has 0 aromatic heterocycles. The van der Waals surface area contributed by atoms with Crippen molar-refractivity contribution in [2.75, 3.05) is 18.1 Å². The van der Waals surface area contributed by atoms with Crippen LogP contribution >= 0.6 is 0 Å². The van der Waals surface area contributed by atoms with Crippen molar-refractivity contribution in [1.82, 2.24) is 0 Å². The van der Waals surface area contributed by atoms with E-state index in [1.165, 1.54) is 0 Å². The highest BCUT2D eigenvalue weighted by Gasteiger charge is 2.09. The zero-order valence-corrected chi connectivity index (χ0v) is 9.44. The second-order valence-corrected chi connectivity index (χ2v) is 6.13. The smallest absolute Gasteiger partial charge is 0.150 e. The molecule has 0 saturated heterocycles. The van der Waals surface area contributed by atoms with E-state index in [2.05, 4.69) is 13.8 Å². The molecule has 80 valence electrons. The van der Waals surface area contributed by atoms with Gasteiger partial charge in [-0.05, 0) is 25.3 Å². The Kier molecular flexibility index (Phi) is 6.33. The molecule has 0 bridgehead atoms. The predicted molar refractivity (Wildman–Crippen MR) is 56.4 cm³/mol.